The van der Waals surface area contributed by atoms with E-state index in [0.29, 0.717) is 18.3 Å². The number of aryl methyl sites for hydroxylation is 2. The highest BCUT2D eigenvalue weighted by Gasteiger charge is 2.15. The second kappa shape index (κ2) is 6.37. The molecule has 102 valence electrons. The molecular formula is C12H21N3O3. The molecule has 0 unspecified atom stereocenters. The molecule has 1 heterocycles. The van der Waals surface area contributed by atoms with Crippen molar-refractivity contribution in [3.05, 3.63) is 11.7 Å². The van der Waals surface area contributed by atoms with Gasteiger partial charge in [0.25, 0.3) is 0 Å². The van der Waals surface area contributed by atoms with E-state index in [4.69, 9.17) is 9.26 Å². The molecule has 1 aromatic rings. The third-order valence-electron chi connectivity index (χ3n) is 2.07. The summed E-state index contributed by atoms with van der Waals surface area (Å²) in [6.07, 6.45) is 2.13. The SMILES string of the molecule is Cc1nc(CCCCNC(=O)OC(C)(C)C)no1. The van der Waals surface area contributed by atoms with Gasteiger partial charge < -0.3 is 14.6 Å². The number of aromatic nitrogens is 2. The number of carbonyl (C=O) groups is 1. The first-order chi connectivity index (χ1) is 8.37. The van der Waals surface area contributed by atoms with Gasteiger partial charge in [0.2, 0.25) is 5.89 Å². The average Bonchev–Trinajstić information content (AvgIpc) is 2.61. The normalized spacial score (nSPS) is 11.3. The molecule has 0 bridgehead atoms. The van der Waals surface area contributed by atoms with Crippen LogP contribution >= 0.6 is 0 Å². The maximum atomic E-state index is 11.3. The predicted molar refractivity (Wildman–Crippen MR) is 66.2 cm³/mol. The van der Waals surface area contributed by atoms with Gasteiger partial charge in [-0.05, 0) is 33.6 Å². The van der Waals surface area contributed by atoms with Crippen LogP contribution in [0.2, 0.25) is 0 Å². The molecule has 0 atom stereocenters. The van der Waals surface area contributed by atoms with E-state index >= 15 is 0 Å². The number of hydrogen-bond acceptors (Lipinski definition) is 5. The molecule has 0 saturated heterocycles. The fourth-order valence-corrected chi connectivity index (χ4v) is 1.36. The fraction of sp³-hybridized carbons (Fsp3) is 0.750. The highest BCUT2D eigenvalue weighted by Crippen LogP contribution is 2.06. The summed E-state index contributed by atoms with van der Waals surface area (Å²) in [7, 11) is 0. The first-order valence-electron chi connectivity index (χ1n) is 6.13. The largest absolute Gasteiger partial charge is 0.444 e. The molecule has 1 aromatic heterocycles. The summed E-state index contributed by atoms with van der Waals surface area (Å²) < 4.78 is 9.98. The molecule has 0 radical (unpaired) electrons. The molecule has 0 fully saturated rings. The lowest BCUT2D eigenvalue weighted by atomic mass is 10.2. The van der Waals surface area contributed by atoms with E-state index in [9.17, 15) is 4.79 Å². The lowest BCUT2D eigenvalue weighted by Crippen LogP contribution is -2.33. The van der Waals surface area contributed by atoms with Gasteiger partial charge in [-0.1, -0.05) is 5.16 Å². The van der Waals surface area contributed by atoms with Gasteiger partial charge in [0.1, 0.15) is 5.60 Å². The third kappa shape index (κ3) is 6.22. The first-order valence-corrected chi connectivity index (χ1v) is 6.13. The highest BCUT2D eigenvalue weighted by atomic mass is 16.6. The average molecular weight is 255 g/mol. The zero-order valence-corrected chi connectivity index (χ0v) is 11.4. The monoisotopic (exact) mass is 255 g/mol. The van der Waals surface area contributed by atoms with Crippen LogP contribution in [0.4, 0.5) is 4.79 Å². The Morgan fingerprint density at radius 3 is 2.67 bits per heavy atom. The number of unbranched alkanes of at least 4 members (excludes halogenated alkanes) is 1. The first kappa shape index (κ1) is 14.5. The molecule has 18 heavy (non-hydrogen) atoms. The summed E-state index contributed by atoms with van der Waals surface area (Å²) >= 11 is 0. The minimum absolute atomic E-state index is 0.377. The van der Waals surface area contributed by atoms with Crippen LogP contribution in [0.15, 0.2) is 4.52 Å². The smallest absolute Gasteiger partial charge is 0.407 e. The van der Waals surface area contributed by atoms with E-state index in [0.717, 1.165) is 19.3 Å². The Bertz CT molecular complexity index is 382. The van der Waals surface area contributed by atoms with Crippen LogP contribution in [0.25, 0.3) is 0 Å². The maximum Gasteiger partial charge on any atom is 0.407 e. The Balaban J connectivity index is 2.07. The number of ether oxygens (including phenoxy) is 1. The Kier molecular flexibility index (Phi) is 5.12. The van der Waals surface area contributed by atoms with Crippen molar-refractivity contribution in [2.24, 2.45) is 0 Å². The summed E-state index contributed by atoms with van der Waals surface area (Å²) in [6.45, 7) is 7.87. The molecule has 0 aliphatic heterocycles. The van der Waals surface area contributed by atoms with Gasteiger partial charge in [0.05, 0.1) is 0 Å². The second-order valence-corrected chi connectivity index (χ2v) is 5.12. The van der Waals surface area contributed by atoms with Crippen molar-refractivity contribution in [1.82, 2.24) is 15.5 Å². The molecule has 0 spiro atoms. The molecule has 1 rings (SSSR count). The quantitative estimate of drug-likeness (QED) is 0.816. The summed E-state index contributed by atoms with van der Waals surface area (Å²) in [5.74, 6) is 1.29. The van der Waals surface area contributed by atoms with Crippen molar-refractivity contribution in [2.75, 3.05) is 6.54 Å². The van der Waals surface area contributed by atoms with Crippen molar-refractivity contribution in [2.45, 2.75) is 52.6 Å². The standard InChI is InChI=1S/C12H21N3O3/c1-9-14-10(15-18-9)7-5-6-8-13-11(16)17-12(2,3)4/h5-8H2,1-4H3,(H,13,16). The fourth-order valence-electron chi connectivity index (χ4n) is 1.36. The molecule has 1 amide bonds. The number of nitrogens with zero attached hydrogens (tertiary/aromatic N) is 2. The second-order valence-electron chi connectivity index (χ2n) is 5.12. The molecule has 6 heteroatoms. The van der Waals surface area contributed by atoms with E-state index in [1.807, 2.05) is 20.8 Å². The van der Waals surface area contributed by atoms with Crippen LogP contribution in [0.3, 0.4) is 0 Å². The number of hydrogen-bond donors (Lipinski definition) is 1. The summed E-state index contributed by atoms with van der Waals surface area (Å²) in [4.78, 5) is 15.4. The van der Waals surface area contributed by atoms with Crippen molar-refractivity contribution in [1.29, 1.82) is 0 Å². The lowest BCUT2D eigenvalue weighted by molar-refractivity contribution is 0.0527. The summed E-state index contributed by atoms with van der Waals surface area (Å²) in [6, 6.07) is 0. The van der Waals surface area contributed by atoms with Crippen molar-refractivity contribution >= 4 is 6.09 Å². The van der Waals surface area contributed by atoms with Crippen molar-refractivity contribution in [3.8, 4) is 0 Å². The van der Waals surface area contributed by atoms with Crippen LogP contribution in [-0.2, 0) is 11.2 Å². The van der Waals surface area contributed by atoms with Gasteiger partial charge in [0, 0.05) is 19.9 Å². The minimum Gasteiger partial charge on any atom is -0.444 e. The Morgan fingerprint density at radius 2 is 2.11 bits per heavy atom. The van der Waals surface area contributed by atoms with Gasteiger partial charge in [0.15, 0.2) is 5.82 Å². The van der Waals surface area contributed by atoms with E-state index in [1.54, 1.807) is 6.92 Å². The maximum absolute atomic E-state index is 11.3. The van der Waals surface area contributed by atoms with Gasteiger partial charge in [-0.3, -0.25) is 0 Å². The molecule has 1 N–H and O–H groups in total. The van der Waals surface area contributed by atoms with Crippen LogP contribution in [0.5, 0.6) is 0 Å². The number of amides is 1. The summed E-state index contributed by atoms with van der Waals surface area (Å²) in [5.41, 5.74) is -0.452. The minimum atomic E-state index is -0.452. The third-order valence-corrected chi connectivity index (χ3v) is 2.07. The number of alkyl carbamates (subject to hydrolysis) is 1. The zero-order chi connectivity index (χ0) is 13.6. The van der Waals surface area contributed by atoms with Gasteiger partial charge in [-0.2, -0.15) is 4.98 Å². The molecular weight excluding hydrogens is 234 g/mol. The number of carbonyl (C=O) groups excluding carboxylic acids is 1. The van der Waals surface area contributed by atoms with Crippen LogP contribution in [-0.4, -0.2) is 28.4 Å². The summed E-state index contributed by atoms with van der Waals surface area (Å²) in [5, 5.41) is 6.50. The Morgan fingerprint density at radius 1 is 1.39 bits per heavy atom. The Labute approximate surface area is 107 Å². The van der Waals surface area contributed by atoms with Gasteiger partial charge in [-0.25, -0.2) is 4.79 Å². The lowest BCUT2D eigenvalue weighted by Gasteiger charge is -2.19. The zero-order valence-electron chi connectivity index (χ0n) is 11.4. The predicted octanol–water partition coefficient (Wildman–Crippen LogP) is 2.23. The van der Waals surface area contributed by atoms with E-state index < -0.39 is 5.60 Å². The van der Waals surface area contributed by atoms with Crippen molar-refractivity contribution < 1.29 is 14.1 Å². The van der Waals surface area contributed by atoms with E-state index in [1.165, 1.54) is 0 Å². The topological polar surface area (TPSA) is 77.2 Å². The molecule has 0 saturated carbocycles. The van der Waals surface area contributed by atoms with Crippen LogP contribution < -0.4 is 5.32 Å². The van der Waals surface area contributed by atoms with E-state index in [2.05, 4.69) is 15.5 Å². The number of rotatable bonds is 5. The number of nitrogens with one attached hydrogen (secondary N) is 1. The van der Waals surface area contributed by atoms with E-state index in [-0.39, 0.29) is 6.09 Å². The van der Waals surface area contributed by atoms with Gasteiger partial charge in [-0.15, -0.1) is 0 Å². The van der Waals surface area contributed by atoms with Crippen LogP contribution in [0, 0.1) is 6.92 Å². The molecule has 6 nitrogen and oxygen atoms in total. The van der Waals surface area contributed by atoms with Crippen LogP contribution in [0.1, 0.15) is 45.3 Å². The Hall–Kier alpha value is -1.59. The van der Waals surface area contributed by atoms with Gasteiger partial charge >= 0.3 is 6.09 Å². The molecule has 0 aliphatic rings. The van der Waals surface area contributed by atoms with Crippen molar-refractivity contribution in [3.63, 3.8) is 0 Å². The molecule has 0 aliphatic carbocycles. The molecule has 0 aromatic carbocycles. The highest BCUT2D eigenvalue weighted by molar-refractivity contribution is 5.67.